The van der Waals surface area contributed by atoms with E-state index < -0.39 is 0 Å². The van der Waals surface area contributed by atoms with Crippen LogP contribution in [0.25, 0.3) is 10.9 Å². The highest BCUT2D eigenvalue weighted by Crippen LogP contribution is 2.21. The third-order valence-electron chi connectivity index (χ3n) is 4.31. The molecule has 2 aromatic rings. The van der Waals surface area contributed by atoms with E-state index in [1.165, 1.54) is 23.8 Å². The van der Waals surface area contributed by atoms with E-state index in [1.54, 1.807) is 0 Å². The molecule has 0 unspecified atom stereocenters. The monoisotopic (exact) mass is 285 g/mol. The van der Waals surface area contributed by atoms with Crippen LogP contribution in [0.3, 0.4) is 0 Å². The van der Waals surface area contributed by atoms with Crippen molar-refractivity contribution < 1.29 is 4.79 Å². The van der Waals surface area contributed by atoms with E-state index in [2.05, 4.69) is 34.9 Å². The number of carbonyl (C=O) groups excluding carboxylic acids is 1. The SMILES string of the molecule is CNCc1cccc2c1ccn2CC(=O)NC1CCCC1. The molecule has 1 aliphatic rings. The second-order valence-electron chi connectivity index (χ2n) is 5.87. The van der Waals surface area contributed by atoms with Gasteiger partial charge in [-0.05, 0) is 37.6 Å². The number of rotatable bonds is 5. The largest absolute Gasteiger partial charge is 0.352 e. The average molecular weight is 285 g/mol. The van der Waals surface area contributed by atoms with Gasteiger partial charge in [0.25, 0.3) is 0 Å². The summed E-state index contributed by atoms with van der Waals surface area (Å²) in [6, 6.07) is 8.75. The summed E-state index contributed by atoms with van der Waals surface area (Å²) in [4.78, 5) is 12.2. The molecule has 1 amide bonds. The summed E-state index contributed by atoms with van der Waals surface area (Å²) in [6.45, 7) is 1.25. The second kappa shape index (κ2) is 6.31. The Labute approximate surface area is 125 Å². The van der Waals surface area contributed by atoms with Crippen molar-refractivity contribution in [2.45, 2.75) is 44.8 Å². The normalized spacial score (nSPS) is 15.7. The number of hydrogen-bond acceptors (Lipinski definition) is 2. The molecule has 0 aliphatic heterocycles. The molecular formula is C17H23N3O. The molecule has 4 heteroatoms. The van der Waals surface area contributed by atoms with Gasteiger partial charge in [-0.3, -0.25) is 4.79 Å². The molecule has 2 N–H and O–H groups in total. The van der Waals surface area contributed by atoms with Gasteiger partial charge in [0.05, 0.1) is 0 Å². The van der Waals surface area contributed by atoms with Gasteiger partial charge in [-0.1, -0.05) is 25.0 Å². The molecule has 0 bridgehead atoms. The molecule has 1 fully saturated rings. The van der Waals surface area contributed by atoms with Crippen LogP contribution in [0.1, 0.15) is 31.2 Å². The number of nitrogens with zero attached hydrogens (tertiary/aromatic N) is 1. The first kappa shape index (κ1) is 14.1. The van der Waals surface area contributed by atoms with E-state index in [4.69, 9.17) is 0 Å². The molecule has 0 saturated heterocycles. The Morgan fingerprint density at radius 2 is 2.10 bits per heavy atom. The zero-order valence-electron chi connectivity index (χ0n) is 12.6. The first-order valence-corrected chi connectivity index (χ1v) is 7.78. The van der Waals surface area contributed by atoms with Crippen LogP contribution in [-0.2, 0) is 17.9 Å². The minimum atomic E-state index is 0.124. The Balaban J connectivity index is 1.74. The standard InChI is InChI=1S/C17H23N3O/c1-18-11-13-5-4-8-16-15(13)9-10-20(16)12-17(21)19-14-6-2-3-7-14/h4-5,8-10,14,18H,2-3,6-7,11-12H2,1H3,(H,19,21). The van der Waals surface area contributed by atoms with Crippen LogP contribution in [0, 0.1) is 0 Å². The van der Waals surface area contributed by atoms with Gasteiger partial charge in [-0.2, -0.15) is 0 Å². The summed E-state index contributed by atoms with van der Waals surface area (Å²) in [5.41, 5.74) is 2.40. The van der Waals surface area contributed by atoms with Crippen LogP contribution in [-0.4, -0.2) is 23.6 Å². The molecule has 1 aromatic heterocycles. The van der Waals surface area contributed by atoms with Gasteiger partial charge in [0, 0.05) is 29.7 Å². The molecule has 1 saturated carbocycles. The Bertz CT molecular complexity index is 626. The maximum absolute atomic E-state index is 12.2. The molecule has 0 radical (unpaired) electrons. The first-order chi connectivity index (χ1) is 10.3. The minimum absolute atomic E-state index is 0.124. The minimum Gasteiger partial charge on any atom is -0.352 e. The summed E-state index contributed by atoms with van der Waals surface area (Å²) in [7, 11) is 1.95. The smallest absolute Gasteiger partial charge is 0.240 e. The lowest BCUT2D eigenvalue weighted by Gasteiger charge is -2.13. The summed E-state index contributed by atoms with van der Waals surface area (Å²) in [5.74, 6) is 0.124. The van der Waals surface area contributed by atoms with Gasteiger partial charge in [0.2, 0.25) is 5.91 Å². The Hall–Kier alpha value is -1.81. The number of amides is 1. The van der Waals surface area contributed by atoms with Crippen molar-refractivity contribution in [2.75, 3.05) is 7.05 Å². The van der Waals surface area contributed by atoms with E-state index >= 15 is 0 Å². The van der Waals surface area contributed by atoms with Crippen molar-refractivity contribution in [3.05, 3.63) is 36.0 Å². The number of hydrogen-bond donors (Lipinski definition) is 2. The van der Waals surface area contributed by atoms with Crippen molar-refractivity contribution in [1.29, 1.82) is 0 Å². The van der Waals surface area contributed by atoms with Crippen LogP contribution in [0.5, 0.6) is 0 Å². The Morgan fingerprint density at radius 3 is 2.86 bits per heavy atom. The fraction of sp³-hybridized carbons (Fsp3) is 0.471. The highest BCUT2D eigenvalue weighted by atomic mass is 16.2. The number of benzene rings is 1. The van der Waals surface area contributed by atoms with Crippen LogP contribution < -0.4 is 10.6 Å². The van der Waals surface area contributed by atoms with Crippen molar-refractivity contribution in [2.24, 2.45) is 0 Å². The molecular weight excluding hydrogens is 262 g/mol. The molecule has 3 rings (SSSR count). The fourth-order valence-electron chi connectivity index (χ4n) is 3.27. The summed E-state index contributed by atoms with van der Waals surface area (Å²) < 4.78 is 2.04. The molecule has 4 nitrogen and oxygen atoms in total. The topological polar surface area (TPSA) is 46.1 Å². The summed E-state index contributed by atoms with van der Waals surface area (Å²) >= 11 is 0. The van der Waals surface area contributed by atoms with Gasteiger partial charge < -0.3 is 15.2 Å². The van der Waals surface area contributed by atoms with Gasteiger partial charge in [-0.15, -0.1) is 0 Å². The number of fused-ring (bicyclic) bond motifs is 1. The highest BCUT2D eigenvalue weighted by molar-refractivity contribution is 5.86. The summed E-state index contributed by atoms with van der Waals surface area (Å²) in [6.07, 6.45) is 6.75. The number of carbonyl (C=O) groups is 1. The van der Waals surface area contributed by atoms with Crippen molar-refractivity contribution in [3.63, 3.8) is 0 Å². The summed E-state index contributed by atoms with van der Waals surface area (Å²) in [5, 5.41) is 7.56. The predicted molar refractivity (Wildman–Crippen MR) is 85.1 cm³/mol. The van der Waals surface area contributed by atoms with Crippen molar-refractivity contribution in [1.82, 2.24) is 15.2 Å². The Kier molecular flexibility index (Phi) is 4.25. The van der Waals surface area contributed by atoms with Crippen LogP contribution in [0.4, 0.5) is 0 Å². The van der Waals surface area contributed by atoms with E-state index in [1.807, 2.05) is 17.8 Å². The van der Waals surface area contributed by atoms with Crippen molar-refractivity contribution >= 4 is 16.8 Å². The highest BCUT2D eigenvalue weighted by Gasteiger charge is 2.17. The lowest BCUT2D eigenvalue weighted by molar-refractivity contribution is -0.122. The maximum atomic E-state index is 12.2. The van der Waals surface area contributed by atoms with Crippen LogP contribution in [0.2, 0.25) is 0 Å². The van der Waals surface area contributed by atoms with Gasteiger partial charge in [-0.25, -0.2) is 0 Å². The fourth-order valence-corrected chi connectivity index (χ4v) is 3.27. The molecule has 112 valence electrons. The zero-order chi connectivity index (χ0) is 14.7. The van der Waals surface area contributed by atoms with E-state index in [-0.39, 0.29) is 5.91 Å². The average Bonchev–Trinajstić information content (AvgIpc) is 3.10. The molecule has 0 atom stereocenters. The second-order valence-corrected chi connectivity index (χ2v) is 5.87. The third kappa shape index (κ3) is 3.10. The first-order valence-electron chi connectivity index (χ1n) is 7.78. The lowest BCUT2D eigenvalue weighted by Crippen LogP contribution is -2.35. The van der Waals surface area contributed by atoms with E-state index in [0.29, 0.717) is 12.6 Å². The molecule has 21 heavy (non-hydrogen) atoms. The number of nitrogens with one attached hydrogen (secondary N) is 2. The number of aromatic nitrogens is 1. The van der Waals surface area contributed by atoms with Crippen molar-refractivity contribution in [3.8, 4) is 0 Å². The van der Waals surface area contributed by atoms with Gasteiger partial charge in [0.1, 0.15) is 6.54 Å². The van der Waals surface area contributed by atoms with Gasteiger partial charge in [0.15, 0.2) is 0 Å². The van der Waals surface area contributed by atoms with E-state index in [9.17, 15) is 4.79 Å². The Morgan fingerprint density at radius 1 is 1.29 bits per heavy atom. The zero-order valence-corrected chi connectivity index (χ0v) is 12.6. The maximum Gasteiger partial charge on any atom is 0.240 e. The predicted octanol–water partition coefficient (Wildman–Crippen LogP) is 2.42. The molecule has 1 aliphatic carbocycles. The van der Waals surface area contributed by atoms with E-state index in [0.717, 1.165) is 24.9 Å². The van der Waals surface area contributed by atoms with Crippen LogP contribution >= 0.6 is 0 Å². The molecule has 1 aromatic carbocycles. The molecule has 1 heterocycles. The third-order valence-corrected chi connectivity index (χ3v) is 4.31. The van der Waals surface area contributed by atoms with Gasteiger partial charge >= 0.3 is 0 Å². The quantitative estimate of drug-likeness (QED) is 0.886. The van der Waals surface area contributed by atoms with Crippen LogP contribution in [0.15, 0.2) is 30.5 Å². The molecule has 0 spiro atoms. The lowest BCUT2D eigenvalue weighted by atomic mass is 10.1.